The molecule has 0 radical (unpaired) electrons. The van der Waals surface area contributed by atoms with E-state index in [4.69, 9.17) is 10.0 Å². The Bertz CT molecular complexity index is 297. The summed E-state index contributed by atoms with van der Waals surface area (Å²) >= 11 is 0. The summed E-state index contributed by atoms with van der Waals surface area (Å²) in [6, 6.07) is 0. The van der Waals surface area contributed by atoms with Crippen LogP contribution >= 0.6 is 10.8 Å². The average Bonchev–Trinajstić information content (AvgIpc) is 2.68. The molecule has 0 aromatic carbocycles. The van der Waals surface area contributed by atoms with E-state index >= 15 is 0 Å². The van der Waals surface area contributed by atoms with Gasteiger partial charge in [-0.1, -0.05) is 5.21 Å². The molecular formula is C5H14BN5O4S. The Morgan fingerprint density at radius 2 is 2.12 bits per heavy atom. The molecule has 1 rings (SSSR count). The van der Waals surface area contributed by atoms with Gasteiger partial charge in [-0.15, -0.1) is 21.0 Å². The van der Waals surface area contributed by atoms with E-state index in [9.17, 15) is 9.11 Å². The van der Waals surface area contributed by atoms with Crippen LogP contribution in [0.5, 0.6) is 0 Å². The fourth-order valence-corrected chi connectivity index (χ4v) is 2.11. The first-order valence-corrected chi connectivity index (χ1v) is 6.30. The lowest BCUT2D eigenvalue weighted by atomic mass is 9.94. The SMILES string of the molecule is OB(O)CNS(O)(O)CCCc1nn[nH]n1. The highest BCUT2D eigenvalue weighted by Gasteiger charge is 2.15. The van der Waals surface area contributed by atoms with E-state index in [-0.39, 0.29) is 12.2 Å². The maximum atomic E-state index is 9.43. The number of rotatable bonds is 7. The molecule has 9 nitrogen and oxygen atoms in total. The van der Waals surface area contributed by atoms with Crippen molar-refractivity contribution in [3.05, 3.63) is 5.82 Å². The summed E-state index contributed by atoms with van der Waals surface area (Å²) < 4.78 is 21.1. The maximum absolute atomic E-state index is 9.43. The minimum Gasteiger partial charge on any atom is -0.426 e. The molecule has 1 heterocycles. The molecule has 1 aromatic rings. The van der Waals surface area contributed by atoms with E-state index in [0.29, 0.717) is 18.7 Å². The van der Waals surface area contributed by atoms with Crippen LogP contribution in [0, 0.1) is 0 Å². The molecule has 0 aliphatic rings. The third-order valence-corrected chi connectivity index (χ3v) is 3.20. The average molecular weight is 251 g/mol. The number of H-pyrrole nitrogens is 1. The van der Waals surface area contributed by atoms with Crippen LogP contribution in [-0.2, 0) is 6.42 Å². The zero-order valence-corrected chi connectivity index (χ0v) is 9.26. The zero-order valence-electron chi connectivity index (χ0n) is 8.44. The summed E-state index contributed by atoms with van der Waals surface area (Å²) in [7, 11) is -4.59. The molecule has 92 valence electrons. The minimum atomic E-state index is -2.99. The van der Waals surface area contributed by atoms with Crippen molar-refractivity contribution in [3.8, 4) is 0 Å². The van der Waals surface area contributed by atoms with E-state index in [1.54, 1.807) is 0 Å². The van der Waals surface area contributed by atoms with Crippen molar-refractivity contribution in [1.82, 2.24) is 25.3 Å². The third kappa shape index (κ3) is 5.39. The maximum Gasteiger partial charge on any atom is 0.468 e. The van der Waals surface area contributed by atoms with Crippen molar-refractivity contribution < 1.29 is 19.2 Å². The van der Waals surface area contributed by atoms with Gasteiger partial charge in [-0.3, -0.25) is 9.11 Å². The smallest absolute Gasteiger partial charge is 0.426 e. The van der Waals surface area contributed by atoms with Crippen molar-refractivity contribution in [2.24, 2.45) is 0 Å². The molecule has 0 saturated carbocycles. The van der Waals surface area contributed by atoms with Crippen LogP contribution < -0.4 is 4.72 Å². The Kier molecular flexibility index (Phi) is 5.11. The second-order valence-electron chi connectivity index (χ2n) is 3.13. The van der Waals surface area contributed by atoms with Gasteiger partial charge in [0.2, 0.25) is 0 Å². The van der Waals surface area contributed by atoms with Crippen LogP contribution in [0.3, 0.4) is 0 Å². The lowest BCUT2D eigenvalue weighted by Crippen LogP contribution is -2.33. The number of aromatic nitrogens is 4. The third-order valence-electron chi connectivity index (χ3n) is 1.72. The Labute approximate surface area is 93.9 Å². The lowest BCUT2D eigenvalue weighted by molar-refractivity contribution is 0.400. The lowest BCUT2D eigenvalue weighted by Gasteiger charge is -2.32. The van der Waals surface area contributed by atoms with Crippen LogP contribution in [-0.4, -0.2) is 59.1 Å². The van der Waals surface area contributed by atoms with Gasteiger partial charge in [0.25, 0.3) is 0 Å². The van der Waals surface area contributed by atoms with E-state index in [1.165, 1.54) is 0 Å². The van der Waals surface area contributed by atoms with Gasteiger partial charge in [0.05, 0.1) is 5.75 Å². The van der Waals surface area contributed by atoms with Crippen LogP contribution in [0.1, 0.15) is 12.2 Å². The van der Waals surface area contributed by atoms with Crippen molar-refractivity contribution in [1.29, 1.82) is 0 Å². The zero-order chi connectivity index (χ0) is 12.0. The summed E-state index contributed by atoms with van der Waals surface area (Å²) in [6.45, 7) is 0. The summed E-state index contributed by atoms with van der Waals surface area (Å²) in [6.07, 6.45) is 0.636. The highest BCUT2D eigenvalue weighted by molar-refractivity contribution is 8.22. The highest BCUT2D eigenvalue weighted by atomic mass is 32.3. The Morgan fingerprint density at radius 3 is 2.69 bits per heavy atom. The molecule has 0 aliphatic carbocycles. The summed E-state index contributed by atoms with van der Waals surface area (Å²) in [5.41, 5.74) is 0. The van der Waals surface area contributed by atoms with Crippen LogP contribution in [0.25, 0.3) is 0 Å². The molecule has 6 N–H and O–H groups in total. The quantitative estimate of drug-likeness (QED) is 0.317. The van der Waals surface area contributed by atoms with Crippen LogP contribution in [0.15, 0.2) is 0 Å². The summed E-state index contributed by atoms with van der Waals surface area (Å²) in [4.78, 5) is 0. The van der Waals surface area contributed by atoms with E-state index < -0.39 is 17.9 Å². The minimum absolute atomic E-state index is 0.0915. The Hall–Kier alpha value is -0.715. The predicted molar refractivity (Wildman–Crippen MR) is 58.4 cm³/mol. The first-order valence-electron chi connectivity index (χ1n) is 4.58. The Balaban J connectivity index is 2.20. The molecule has 0 fully saturated rings. The molecule has 0 atom stereocenters. The van der Waals surface area contributed by atoms with Gasteiger partial charge in [-0.05, 0) is 6.42 Å². The molecule has 0 spiro atoms. The van der Waals surface area contributed by atoms with Crippen molar-refractivity contribution in [2.45, 2.75) is 12.8 Å². The van der Waals surface area contributed by atoms with Crippen molar-refractivity contribution >= 4 is 17.9 Å². The van der Waals surface area contributed by atoms with Crippen LogP contribution in [0.4, 0.5) is 0 Å². The normalized spacial score (nSPS) is 12.8. The number of aryl methyl sites for hydroxylation is 1. The summed E-state index contributed by atoms with van der Waals surface area (Å²) in [5, 5.41) is 30.2. The van der Waals surface area contributed by atoms with E-state index in [1.807, 2.05) is 0 Å². The van der Waals surface area contributed by atoms with Gasteiger partial charge in [0.15, 0.2) is 5.82 Å². The molecule has 1 aromatic heterocycles. The second kappa shape index (κ2) is 6.13. The Morgan fingerprint density at radius 1 is 1.38 bits per heavy atom. The number of tetrazole rings is 1. The predicted octanol–water partition coefficient (Wildman–Crippen LogP) is -1.60. The molecule has 11 heteroatoms. The standard InChI is InChI=1S/C5H14BN5O4S/c12-6(13)4-7-16(14,15)3-1-2-5-8-10-11-9-5/h7,12-15H,1-4H2,(H,8,9,10,11). The monoisotopic (exact) mass is 251 g/mol. The molecule has 0 aliphatic heterocycles. The van der Waals surface area contributed by atoms with Gasteiger partial charge in [0, 0.05) is 12.9 Å². The fourth-order valence-electron chi connectivity index (χ4n) is 1.00. The fraction of sp³-hybridized carbons (Fsp3) is 0.800. The van der Waals surface area contributed by atoms with Crippen molar-refractivity contribution in [2.75, 3.05) is 12.2 Å². The van der Waals surface area contributed by atoms with E-state index in [0.717, 1.165) is 0 Å². The molecule has 16 heavy (non-hydrogen) atoms. The van der Waals surface area contributed by atoms with E-state index in [2.05, 4.69) is 25.3 Å². The topological polar surface area (TPSA) is 147 Å². The van der Waals surface area contributed by atoms with Gasteiger partial charge in [0.1, 0.15) is 0 Å². The molecule has 0 amide bonds. The molecular weight excluding hydrogens is 237 g/mol. The van der Waals surface area contributed by atoms with Gasteiger partial charge in [-0.25, -0.2) is 4.72 Å². The largest absolute Gasteiger partial charge is 0.468 e. The summed E-state index contributed by atoms with van der Waals surface area (Å²) in [5.74, 6) is 0.589. The molecule has 0 bridgehead atoms. The first kappa shape index (κ1) is 13.4. The van der Waals surface area contributed by atoms with Gasteiger partial charge >= 0.3 is 7.12 Å². The number of aromatic amines is 1. The van der Waals surface area contributed by atoms with Crippen LogP contribution in [0.2, 0.25) is 0 Å². The first-order chi connectivity index (χ1) is 7.49. The van der Waals surface area contributed by atoms with Crippen molar-refractivity contribution in [3.63, 3.8) is 0 Å². The molecule has 0 saturated heterocycles. The number of nitrogens with one attached hydrogen (secondary N) is 2. The van der Waals surface area contributed by atoms with Gasteiger partial charge in [-0.2, -0.15) is 5.21 Å². The number of hydrogen-bond acceptors (Lipinski definition) is 8. The molecule has 0 unspecified atom stereocenters. The second-order valence-corrected chi connectivity index (χ2v) is 5.16. The van der Waals surface area contributed by atoms with Gasteiger partial charge < -0.3 is 10.0 Å². The highest BCUT2D eigenvalue weighted by Crippen LogP contribution is 2.33. The number of nitrogens with zero attached hydrogens (tertiary/aromatic N) is 3. The number of hydrogen-bond donors (Lipinski definition) is 6.